The summed E-state index contributed by atoms with van der Waals surface area (Å²) in [6.45, 7) is 20.5. The van der Waals surface area contributed by atoms with Gasteiger partial charge in [-0.2, -0.15) is 0 Å². The van der Waals surface area contributed by atoms with Gasteiger partial charge in [-0.3, -0.25) is 9.59 Å². The summed E-state index contributed by atoms with van der Waals surface area (Å²) in [5.74, 6) is -1.50. The second-order valence-electron chi connectivity index (χ2n) is 13.1. The van der Waals surface area contributed by atoms with Crippen LogP contribution >= 0.6 is 11.6 Å². The molecular formula is C32H53ClO6S. The van der Waals surface area contributed by atoms with E-state index in [0.717, 1.165) is 5.56 Å². The van der Waals surface area contributed by atoms with Crippen LogP contribution < -0.4 is 0 Å². The number of esters is 1. The van der Waals surface area contributed by atoms with Gasteiger partial charge in [-0.05, 0) is 89.7 Å². The molecule has 0 aliphatic heterocycles. The summed E-state index contributed by atoms with van der Waals surface area (Å²) < 4.78 is 32.4. The molecule has 0 bridgehead atoms. The number of sulfone groups is 1. The third kappa shape index (κ3) is 5.84. The topological polar surface area (TPSA) is 97.7 Å². The van der Waals surface area contributed by atoms with Crippen LogP contribution in [0.3, 0.4) is 0 Å². The van der Waals surface area contributed by atoms with Crippen LogP contribution in [0.4, 0.5) is 0 Å². The summed E-state index contributed by atoms with van der Waals surface area (Å²) in [6.07, 6.45) is 1.97. The molecule has 0 radical (unpaired) electrons. The first-order valence-corrected chi connectivity index (χ1v) is 16.3. The van der Waals surface area contributed by atoms with Crippen molar-refractivity contribution >= 4 is 33.4 Å². The molecule has 0 fully saturated rings. The van der Waals surface area contributed by atoms with E-state index in [1.165, 1.54) is 7.11 Å². The van der Waals surface area contributed by atoms with Crippen LogP contribution in [0.25, 0.3) is 0 Å². The molecule has 230 valence electrons. The molecule has 8 heteroatoms. The molecule has 6 unspecified atom stereocenters. The highest BCUT2D eigenvalue weighted by molar-refractivity contribution is 7.92. The standard InChI is InChI=1S/C32H53ClO6S/c1-13-27(6,21-29(8,25(34)35)32(11,33)16-4)31(10,15-3)30(9,26(36)39-12)22-28(7,14-2)40(37,38)24-19-17-23(5)18-20-24/h17-20H,13-16,21-22H2,1-12H3,(H,34,35). The molecule has 0 heterocycles. The third-order valence-corrected chi connectivity index (χ3v) is 14.5. The number of alkyl halides is 1. The SMILES string of the molecule is CCC(C)(Cl)C(C)(CC(C)(CC)C(C)(CC)C(C)(CC(C)(CC)S(=O)(=O)c1ccc(C)cc1)C(=O)OC)C(=O)O. The lowest BCUT2D eigenvalue weighted by atomic mass is 9.45. The summed E-state index contributed by atoms with van der Waals surface area (Å²) in [7, 11) is -2.54. The molecule has 0 aliphatic rings. The number of carbonyl (C=O) groups excluding carboxylic acids is 1. The maximum atomic E-state index is 14.2. The fraction of sp³-hybridized carbons (Fsp3) is 0.750. The molecule has 1 aromatic carbocycles. The van der Waals surface area contributed by atoms with Gasteiger partial charge in [0.2, 0.25) is 0 Å². The van der Waals surface area contributed by atoms with Gasteiger partial charge >= 0.3 is 11.9 Å². The van der Waals surface area contributed by atoms with E-state index in [2.05, 4.69) is 0 Å². The van der Waals surface area contributed by atoms with Crippen LogP contribution in [0.5, 0.6) is 0 Å². The molecule has 0 saturated heterocycles. The molecule has 6 atom stereocenters. The average molecular weight is 601 g/mol. The Labute approximate surface area is 248 Å². The zero-order valence-electron chi connectivity index (χ0n) is 26.8. The van der Waals surface area contributed by atoms with E-state index in [-0.39, 0.29) is 24.2 Å². The lowest BCUT2D eigenvalue weighted by Gasteiger charge is -2.59. The van der Waals surface area contributed by atoms with Gasteiger partial charge in [0.25, 0.3) is 0 Å². The van der Waals surface area contributed by atoms with Crippen LogP contribution in [0.1, 0.15) is 113 Å². The molecule has 0 aromatic heterocycles. The molecule has 40 heavy (non-hydrogen) atoms. The monoisotopic (exact) mass is 600 g/mol. The Morgan fingerprint density at radius 1 is 0.825 bits per heavy atom. The number of carboxylic acids is 1. The minimum absolute atomic E-state index is 0.00895. The normalized spacial score (nSPS) is 21.4. The van der Waals surface area contributed by atoms with Crippen molar-refractivity contribution in [3.8, 4) is 0 Å². The van der Waals surface area contributed by atoms with Crippen molar-refractivity contribution in [2.45, 2.75) is 129 Å². The molecule has 0 saturated carbocycles. The lowest BCUT2D eigenvalue weighted by molar-refractivity contribution is -0.178. The second kappa shape index (κ2) is 12.3. The van der Waals surface area contributed by atoms with Crippen LogP contribution in [-0.4, -0.2) is 42.2 Å². The highest BCUT2D eigenvalue weighted by Gasteiger charge is 2.64. The van der Waals surface area contributed by atoms with Gasteiger partial charge in [-0.1, -0.05) is 65.7 Å². The number of aryl methyl sites for hydroxylation is 1. The minimum atomic E-state index is -3.86. The Morgan fingerprint density at radius 2 is 1.32 bits per heavy atom. The van der Waals surface area contributed by atoms with E-state index in [9.17, 15) is 23.1 Å². The first kappa shape index (κ1) is 36.4. The summed E-state index contributed by atoms with van der Waals surface area (Å²) in [5, 5.41) is 10.5. The maximum Gasteiger partial charge on any atom is 0.312 e. The number of carboxylic acid groups (broad SMARTS) is 1. The Balaban J connectivity index is 3.98. The van der Waals surface area contributed by atoms with Crippen LogP contribution in [0, 0.1) is 28.6 Å². The van der Waals surface area contributed by atoms with E-state index >= 15 is 0 Å². The fourth-order valence-electron chi connectivity index (χ4n) is 6.72. The summed E-state index contributed by atoms with van der Waals surface area (Å²) in [6, 6.07) is 6.79. The zero-order chi connectivity index (χ0) is 31.6. The maximum absolute atomic E-state index is 14.2. The first-order valence-electron chi connectivity index (χ1n) is 14.4. The number of halogens is 1. The number of hydrogen-bond acceptors (Lipinski definition) is 5. The van der Waals surface area contributed by atoms with Crippen LogP contribution in [0.2, 0.25) is 0 Å². The smallest absolute Gasteiger partial charge is 0.312 e. The van der Waals surface area contributed by atoms with Crippen molar-refractivity contribution in [3.05, 3.63) is 29.8 Å². The van der Waals surface area contributed by atoms with Crippen molar-refractivity contribution in [3.63, 3.8) is 0 Å². The highest BCUT2D eigenvalue weighted by Crippen LogP contribution is 2.64. The van der Waals surface area contributed by atoms with Gasteiger partial charge in [0.15, 0.2) is 9.84 Å². The van der Waals surface area contributed by atoms with E-state index < -0.39 is 53.1 Å². The summed E-state index contributed by atoms with van der Waals surface area (Å²) in [4.78, 5) is 25.9. The van der Waals surface area contributed by atoms with Gasteiger partial charge < -0.3 is 9.84 Å². The first-order chi connectivity index (χ1) is 18.1. The third-order valence-electron chi connectivity index (χ3n) is 11.2. The van der Waals surface area contributed by atoms with Gasteiger partial charge in [0, 0.05) is 0 Å². The molecule has 1 N–H and O–H groups in total. The van der Waals surface area contributed by atoms with Crippen LogP contribution in [-0.2, 0) is 24.2 Å². The Kier molecular flexibility index (Phi) is 11.2. The summed E-state index contributed by atoms with van der Waals surface area (Å²) >= 11 is 6.90. The van der Waals surface area contributed by atoms with E-state index in [4.69, 9.17) is 16.3 Å². The van der Waals surface area contributed by atoms with Crippen molar-refractivity contribution in [1.29, 1.82) is 0 Å². The quantitative estimate of drug-likeness (QED) is 0.161. The van der Waals surface area contributed by atoms with E-state index in [1.54, 1.807) is 52.0 Å². The van der Waals surface area contributed by atoms with Crippen molar-refractivity contribution < 1.29 is 27.9 Å². The second-order valence-corrected chi connectivity index (χ2v) is 16.4. The van der Waals surface area contributed by atoms with Crippen molar-refractivity contribution in [2.75, 3.05) is 7.11 Å². The summed E-state index contributed by atoms with van der Waals surface area (Å²) in [5.41, 5.74) is -3.24. The molecular weight excluding hydrogens is 548 g/mol. The number of ether oxygens (including phenoxy) is 1. The molecule has 6 nitrogen and oxygen atoms in total. The average Bonchev–Trinajstić information content (AvgIpc) is 2.91. The van der Waals surface area contributed by atoms with Crippen molar-refractivity contribution in [2.24, 2.45) is 21.7 Å². The predicted molar refractivity (Wildman–Crippen MR) is 164 cm³/mol. The van der Waals surface area contributed by atoms with Gasteiger partial charge in [0.05, 0.1) is 32.5 Å². The molecule has 1 rings (SSSR count). The fourth-order valence-corrected chi connectivity index (χ4v) is 8.79. The molecule has 0 aliphatic carbocycles. The molecule has 0 spiro atoms. The van der Waals surface area contributed by atoms with Gasteiger partial charge in [-0.15, -0.1) is 11.6 Å². The van der Waals surface area contributed by atoms with Gasteiger partial charge in [0.1, 0.15) is 0 Å². The van der Waals surface area contributed by atoms with E-state index in [0.29, 0.717) is 19.3 Å². The highest BCUT2D eigenvalue weighted by atomic mass is 35.5. The minimum Gasteiger partial charge on any atom is -0.481 e. The molecule has 0 amide bonds. The van der Waals surface area contributed by atoms with Gasteiger partial charge in [-0.25, -0.2) is 8.42 Å². The Hall–Kier alpha value is -1.60. The van der Waals surface area contributed by atoms with Crippen molar-refractivity contribution in [1.82, 2.24) is 0 Å². The number of carbonyl (C=O) groups is 2. The number of rotatable bonds is 15. The number of benzene rings is 1. The number of hydrogen-bond donors (Lipinski definition) is 1. The zero-order valence-corrected chi connectivity index (χ0v) is 28.4. The lowest BCUT2D eigenvalue weighted by Crippen LogP contribution is -2.59. The van der Waals surface area contributed by atoms with E-state index in [1.807, 2.05) is 48.5 Å². The Morgan fingerprint density at radius 3 is 1.68 bits per heavy atom. The Bertz CT molecular complexity index is 1160. The van der Waals surface area contributed by atoms with Crippen LogP contribution in [0.15, 0.2) is 29.2 Å². The number of aliphatic carboxylic acids is 1. The largest absolute Gasteiger partial charge is 0.481 e. The molecule has 1 aromatic rings. The number of methoxy groups -OCH3 is 1. The predicted octanol–water partition coefficient (Wildman–Crippen LogP) is 8.23.